The number of nitrogens with one attached hydrogen (secondary N) is 1. The molecule has 1 atom stereocenters. The summed E-state index contributed by atoms with van der Waals surface area (Å²) in [6, 6.07) is 12.4. The lowest BCUT2D eigenvalue weighted by Gasteiger charge is -2.28. The Labute approximate surface area is 198 Å². The average Bonchev–Trinajstić information content (AvgIpc) is 3.41. The van der Waals surface area contributed by atoms with Crippen LogP contribution in [0.15, 0.2) is 48.5 Å². The Balaban J connectivity index is 1.54. The van der Waals surface area contributed by atoms with Gasteiger partial charge in [-0.05, 0) is 62.6 Å². The van der Waals surface area contributed by atoms with Crippen LogP contribution in [0.3, 0.4) is 0 Å². The molecular weight excluding hydrogens is 434 g/mol. The summed E-state index contributed by atoms with van der Waals surface area (Å²) >= 11 is 0. The number of nitrogens with zero attached hydrogens (tertiary/aromatic N) is 2. The van der Waals surface area contributed by atoms with Gasteiger partial charge in [-0.1, -0.05) is 31.0 Å². The van der Waals surface area contributed by atoms with Gasteiger partial charge in [0.05, 0.1) is 24.3 Å². The summed E-state index contributed by atoms with van der Waals surface area (Å²) in [5.41, 5.74) is 2.21. The van der Waals surface area contributed by atoms with Gasteiger partial charge in [-0.15, -0.1) is 0 Å². The van der Waals surface area contributed by atoms with Crippen molar-refractivity contribution in [2.24, 2.45) is 0 Å². The van der Waals surface area contributed by atoms with E-state index in [4.69, 9.17) is 4.74 Å². The van der Waals surface area contributed by atoms with E-state index in [-0.39, 0.29) is 25.1 Å². The SMILES string of the molecule is CCOC(=O)c1cccc(NC(=O)C[C@H]2C(=O)N(c3cccc(C)c3)C(=O)N2C2CCCC2)c1. The Morgan fingerprint density at radius 3 is 2.50 bits per heavy atom. The molecule has 8 nitrogen and oxygen atoms in total. The highest BCUT2D eigenvalue weighted by atomic mass is 16.5. The van der Waals surface area contributed by atoms with Gasteiger partial charge in [0.25, 0.3) is 5.91 Å². The van der Waals surface area contributed by atoms with Gasteiger partial charge in [0.2, 0.25) is 5.91 Å². The van der Waals surface area contributed by atoms with Gasteiger partial charge in [-0.2, -0.15) is 0 Å². The Morgan fingerprint density at radius 2 is 1.79 bits per heavy atom. The molecule has 1 heterocycles. The first-order valence-corrected chi connectivity index (χ1v) is 11.7. The Kier molecular flexibility index (Phi) is 6.95. The summed E-state index contributed by atoms with van der Waals surface area (Å²) in [7, 11) is 0. The number of carbonyl (C=O) groups excluding carboxylic acids is 4. The smallest absolute Gasteiger partial charge is 0.338 e. The van der Waals surface area contributed by atoms with E-state index in [1.807, 2.05) is 19.1 Å². The van der Waals surface area contributed by atoms with Crippen molar-refractivity contribution in [3.05, 3.63) is 59.7 Å². The molecule has 1 aliphatic heterocycles. The molecule has 0 radical (unpaired) electrons. The highest BCUT2D eigenvalue weighted by molar-refractivity contribution is 6.22. The van der Waals surface area contributed by atoms with Crippen molar-refractivity contribution in [3.8, 4) is 0 Å². The first kappa shape index (κ1) is 23.5. The van der Waals surface area contributed by atoms with Crippen molar-refractivity contribution in [2.75, 3.05) is 16.8 Å². The molecule has 0 spiro atoms. The van der Waals surface area contributed by atoms with Crippen molar-refractivity contribution in [1.82, 2.24) is 4.90 Å². The van der Waals surface area contributed by atoms with E-state index in [2.05, 4.69) is 5.32 Å². The summed E-state index contributed by atoms with van der Waals surface area (Å²) in [6.07, 6.45) is 3.47. The number of benzene rings is 2. The highest BCUT2D eigenvalue weighted by Crippen LogP contribution is 2.34. The molecule has 0 unspecified atom stereocenters. The molecule has 2 aliphatic rings. The number of anilines is 2. The van der Waals surface area contributed by atoms with Crippen molar-refractivity contribution in [3.63, 3.8) is 0 Å². The van der Waals surface area contributed by atoms with E-state index in [1.54, 1.807) is 42.2 Å². The number of aryl methyl sites for hydroxylation is 1. The zero-order valence-electron chi connectivity index (χ0n) is 19.5. The number of rotatable bonds is 7. The summed E-state index contributed by atoms with van der Waals surface area (Å²) in [5.74, 6) is -1.27. The second-order valence-electron chi connectivity index (χ2n) is 8.71. The van der Waals surface area contributed by atoms with E-state index in [0.717, 1.165) is 31.2 Å². The number of esters is 1. The van der Waals surface area contributed by atoms with Crippen LogP contribution in [-0.2, 0) is 14.3 Å². The van der Waals surface area contributed by atoms with Gasteiger partial charge in [0.1, 0.15) is 6.04 Å². The lowest BCUT2D eigenvalue weighted by Crippen LogP contribution is -2.43. The number of hydrogen-bond acceptors (Lipinski definition) is 5. The van der Waals surface area contributed by atoms with Crippen molar-refractivity contribution < 1.29 is 23.9 Å². The predicted octanol–water partition coefficient (Wildman–Crippen LogP) is 4.28. The van der Waals surface area contributed by atoms with Crippen LogP contribution in [0.5, 0.6) is 0 Å². The number of hydrogen-bond donors (Lipinski definition) is 1. The fraction of sp³-hybridized carbons (Fsp3) is 0.385. The van der Waals surface area contributed by atoms with Crippen molar-refractivity contribution in [1.29, 1.82) is 0 Å². The second kappa shape index (κ2) is 10.1. The Bertz CT molecular complexity index is 1110. The molecule has 4 amide bonds. The molecule has 2 aromatic rings. The van der Waals surface area contributed by atoms with Gasteiger partial charge in [-0.25, -0.2) is 14.5 Å². The largest absolute Gasteiger partial charge is 0.462 e. The van der Waals surface area contributed by atoms with E-state index in [1.165, 1.54) is 11.0 Å². The molecule has 8 heteroatoms. The second-order valence-corrected chi connectivity index (χ2v) is 8.71. The summed E-state index contributed by atoms with van der Waals surface area (Å²) in [5, 5.41) is 2.76. The fourth-order valence-electron chi connectivity index (χ4n) is 4.72. The summed E-state index contributed by atoms with van der Waals surface area (Å²) in [4.78, 5) is 54.6. The third-order valence-electron chi connectivity index (χ3n) is 6.27. The van der Waals surface area contributed by atoms with Crippen LogP contribution in [0.4, 0.5) is 16.2 Å². The molecule has 4 rings (SSSR count). The molecule has 2 aromatic carbocycles. The molecule has 1 aliphatic carbocycles. The highest BCUT2D eigenvalue weighted by Gasteiger charge is 2.49. The Morgan fingerprint density at radius 1 is 1.06 bits per heavy atom. The quantitative estimate of drug-likeness (QED) is 0.488. The number of amides is 4. The number of imide groups is 1. The summed E-state index contributed by atoms with van der Waals surface area (Å²) < 4.78 is 5.01. The predicted molar refractivity (Wildman–Crippen MR) is 128 cm³/mol. The lowest BCUT2D eigenvalue weighted by atomic mass is 10.1. The maximum absolute atomic E-state index is 13.4. The molecule has 0 aromatic heterocycles. The fourth-order valence-corrected chi connectivity index (χ4v) is 4.72. The van der Waals surface area contributed by atoms with Crippen LogP contribution in [0.2, 0.25) is 0 Å². The molecule has 1 saturated heterocycles. The van der Waals surface area contributed by atoms with Gasteiger partial charge in [0.15, 0.2) is 0 Å². The van der Waals surface area contributed by atoms with E-state index in [0.29, 0.717) is 16.9 Å². The molecular formula is C26H29N3O5. The minimum atomic E-state index is -0.871. The normalized spacial score (nSPS) is 18.5. The number of ether oxygens (including phenoxy) is 1. The maximum atomic E-state index is 13.4. The van der Waals surface area contributed by atoms with Crippen LogP contribution in [0.25, 0.3) is 0 Å². The third-order valence-corrected chi connectivity index (χ3v) is 6.27. The van der Waals surface area contributed by atoms with Crippen molar-refractivity contribution >= 4 is 35.2 Å². The summed E-state index contributed by atoms with van der Waals surface area (Å²) in [6.45, 7) is 3.87. The van der Waals surface area contributed by atoms with Gasteiger partial charge >= 0.3 is 12.0 Å². The van der Waals surface area contributed by atoms with E-state index < -0.39 is 23.8 Å². The molecule has 1 N–H and O–H groups in total. The Hall–Kier alpha value is -3.68. The molecule has 34 heavy (non-hydrogen) atoms. The average molecular weight is 464 g/mol. The number of urea groups is 1. The van der Waals surface area contributed by atoms with Gasteiger partial charge in [-0.3, -0.25) is 9.59 Å². The molecule has 1 saturated carbocycles. The van der Waals surface area contributed by atoms with E-state index >= 15 is 0 Å². The molecule has 178 valence electrons. The van der Waals surface area contributed by atoms with Crippen LogP contribution in [0, 0.1) is 6.92 Å². The molecule has 0 bridgehead atoms. The van der Waals surface area contributed by atoms with Crippen LogP contribution in [-0.4, -0.2) is 47.4 Å². The van der Waals surface area contributed by atoms with Crippen LogP contribution in [0.1, 0.15) is 54.9 Å². The van der Waals surface area contributed by atoms with Crippen LogP contribution >= 0.6 is 0 Å². The zero-order chi connectivity index (χ0) is 24.2. The molecule has 2 fully saturated rings. The topological polar surface area (TPSA) is 96.0 Å². The van der Waals surface area contributed by atoms with Crippen LogP contribution < -0.4 is 10.2 Å². The third kappa shape index (κ3) is 4.81. The standard InChI is InChI=1S/C26H29N3O5/c1-3-34-25(32)18-9-7-10-19(15-18)27-23(30)16-22-24(31)29(21-13-6-8-17(2)14-21)26(33)28(22)20-11-4-5-12-20/h6-10,13-15,20,22H,3-5,11-12,16H2,1-2H3,(H,27,30)/t22-/m0/s1. The van der Waals surface area contributed by atoms with Gasteiger partial charge < -0.3 is 15.0 Å². The first-order valence-electron chi connectivity index (χ1n) is 11.7. The monoisotopic (exact) mass is 463 g/mol. The van der Waals surface area contributed by atoms with Crippen molar-refractivity contribution in [2.45, 2.75) is 58.0 Å². The van der Waals surface area contributed by atoms with Gasteiger partial charge in [0, 0.05) is 11.7 Å². The first-order chi connectivity index (χ1) is 16.4. The number of carbonyl (C=O) groups is 4. The minimum Gasteiger partial charge on any atom is -0.462 e. The van der Waals surface area contributed by atoms with E-state index in [9.17, 15) is 19.2 Å². The maximum Gasteiger partial charge on any atom is 0.338 e. The lowest BCUT2D eigenvalue weighted by molar-refractivity contribution is -0.124. The minimum absolute atomic E-state index is 0.0591. The zero-order valence-corrected chi connectivity index (χ0v) is 19.5.